The molecular weight excluding hydrogens is 292 g/mol. The molecule has 1 heterocycles. The van der Waals surface area contributed by atoms with Crippen LogP contribution in [0.1, 0.15) is 12.6 Å². The number of nitrogens with one attached hydrogen (secondary N) is 3. The molecule has 1 aromatic heterocycles. The highest BCUT2D eigenvalue weighted by Crippen LogP contribution is 2.00. The van der Waals surface area contributed by atoms with E-state index in [2.05, 4.69) is 14.7 Å². The van der Waals surface area contributed by atoms with E-state index >= 15 is 0 Å². The Kier molecular flexibility index (Phi) is 5.46. The van der Waals surface area contributed by atoms with Gasteiger partial charge in [-0.1, -0.05) is 0 Å². The van der Waals surface area contributed by atoms with Crippen LogP contribution in [-0.4, -0.2) is 48.2 Å². The Bertz CT molecular complexity index is 555. The van der Waals surface area contributed by atoms with E-state index in [4.69, 9.17) is 5.11 Å². The lowest BCUT2D eigenvalue weighted by Crippen LogP contribution is -2.49. The highest BCUT2D eigenvalue weighted by molar-refractivity contribution is 7.88. The highest BCUT2D eigenvalue weighted by Gasteiger charge is 2.26. The minimum absolute atomic E-state index is 0.0160. The lowest BCUT2D eigenvalue weighted by Gasteiger charge is -2.14. The third kappa shape index (κ3) is 5.24. The first kappa shape index (κ1) is 15.9. The number of rotatable bonds is 7. The predicted octanol–water partition coefficient (Wildman–Crippen LogP) is -1.01. The number of carboxylic acid groups (broad SMARTS) is 1. The van der Waals surface area contributed by atoms with E-state index in [1.54, 1.807) is 0 Å². The molecule has 0 bridgehead atoms. The van der Waals surface area contributed by atoms with E-state index in [1.807, 2.05) is 4.72 Å². The van der Waals surface area contributed by atoms with Crippen LogP contribution in [0.2, 0.25) is 0 Å². The quantitative estimate of drug-likeness (QED) is 0.503. The number of carbonyl (C=O) groups is 2. The van der Waals surface area contributed by atoms with Crippen molar-refractivity contribution in [2.45, 2.75) is 19.4 Å². The van der Waals surface area contributed by atoms with Crippen LogP contribution < -0.4 is 9.44 Å². The summed E-state index contributed by atoms with van der Waals surface area (Å²) in [5.41, 5.74) is 0.427. The number of aliphatic carboxylic acids is 1. The second kappa shape index (κ2) is 6.86. The van der Waals surface area contributed by atoms with Crippen LogP contribution in [0.4, 0.5) is 4.79 Å². The average Bonchev–Trinajstić information content (AvgIpc) is 2.79. The van der Waals surface area contributed by atoms with Gasteiger partial charge in [-0.05, 0) is 6.92 Å². The van der Waals surface area contributed by atoms with Crippen molar-refractivity contribution < 1.29 is 27.9 Å². The van der Waals surface area contributed by atoms with Crippen molar-refractivity contribution in [3.8, 4) is 0 Å². The number of aromatic nitrogens is 2. The molecule has 1 aromatic rings. The zero-order valence-electron chi connectivity index (χ0n) is 10.5. The summed E-state index contributed by atoms with van der Waals surface area (Å²) >= 11 is 0. The van der Waals surface area contributed by atoms with Crippen LogP contribution in [0.15, 0.2) is 12.5 Å². The maximum absolute atomic E-state index is 11.5. The summed E-state index contributed by atoms with van der Waals surface area (Å²) < 4.78 is 30.9. The number of hydrogen-bond acceptors (Lipinski definition) is 6. The van der Waals surface area contributed by atoms with E-state index in [-0.39, 0.29) is 13.0 Å². The summed E-state index contributed by atoms with van der Waals surface area (Å²) in [6, 6.07) is -1.46. The maximum atomic E-state index is 11.5. The fourth-order valence-electron chi connectivity index (χ4n) is 1.28. The molecule has 0 aromatic carbocycles. The average molecular weight is 306 g/mol. The minimum Gasteiger partial charge on any atom is -0.480 e. The molecule has 0 aliphatic heterocycles. The van der Waals surface area contributed by atoms with Crippen molar-refractivity contribution in [1.29, 1.82) is 0 Å². The van der Waals surface area contributed by atoms with Gasteiger partial charge in [-0.15, -0.1) is 0 Å². The van der Waals surface area contributed by atoms with Gasteiger partial charge in [-0.2, -0.15) is 13.1 Å². The zero-order valence-corrected chi connectivity index (χ0v) is 11.3. The monoisotopic (exact) mass is 306 g/mol. The molecule has 20 heavy (non-hydrogen) atoms. The van der Waals surface area contributed by atoms with Gasteiger partial charge in [0.05, 0.1) is 12.9 Å². The van der Waals surface area contributed by atoms with E-state index in [0.717, 1.165) is 0 Å². The first-order valence-corrected chi connectivity index (χ1v) is 6.99. The molecule has 1 atom stereocenters. The Morgan fingerprint density at radius 1 is 1.55 bits per heavy atom. The molecule has 1 unspecified atom stereocenters. The highest BCUT2D eigenvalue weighted by atomic mass is 32.2. The van der Waals surface area contributed by atoms with Gasteiger partial charge in [0.1, 0.15) is 6.04 Å². The number of imidazole rings is 1. The van der Waals surface area contributed by atoms with Crippen molar-refractivity contribution in [3.63, 3.8) is 0 Å². The fraction of sp³-hybridized carbons (Fsp3) is 0.444. The van der Waals surface area contributed by atoms with Crippen molar-refractivity contribution >= 4 is 22.3 Å². The summed E-state index contributed by atoms with van der Waals surface area (Å²) in [5.74, 6) is -1.39. The first-order valence-electron chi connectivity index (χ1n) is 5.51. The van der Waals surface area contributed by atoms with Gasteiger partial charge in [0.15, 0.2) is 0 Å². The number of carbonyl (C=O) groups excluding carboxylic acids is 1. The Hall–Kier alpha value is -2.14. The lowest BCUT2D eigenvalue weighted by molar-refractivity contribution is -0.138. The summed E-state index contributed by atoms with van der Waals surface area (Å²) in [6.07, 6.45) is 1.35. The largest absolute Gasteiger partial charge is 0.480 e. The van der Waals surface area contributed by atoms with Crippen LogP contribution in [0.3, 0.4) is 0 Å². The Morgan fingerprint density at radius 3 is 2.75 bits per heavy atom. The Labute approximate surface area is 114 Å². The number of ether oxygens (including phenoxy) is 1. The fourth-order valence-corrected chi connectivity index (χ4v) is 2.18. The van der Waals surface area contributed by atoms with Gasteiger partial charge in [-0.3, -0.25) is 4.79 Å². The molecule has 10 nitrogen and oxygen atoms in total. The SMILES string of the molecule is CCOC(=O)NS(=O)(=O)NC(Cc1cnc[nH]1)C(=O)O. The molecule has 11 heteroatoms. The normalized spacial score (nSPS) is 12.7. The summed E-state index contributed by atoms with van der Waals surface area (Å²) in [6.45, 7) is 1.48. The van der Waals surface area contributed by atoms with E-state index in [9.17, 15) is 18.0 Å². The molecule has 0 saturated carbocycles. The Morgan fingerprint density at radius 2 is 2.25 bits per heavy atom. The molecule has 0 aliphatic carbocycles. The third-order valence-corrected chi connectivity index (χ3v) is 3.10. The topological polar surface area (TPSA) is 150 Å². The second-order valence-electron chi connectivity index (χ2n) is 3.62. The van der Waals surface area contributed by atoms with Crippen LogP contribution >= 0.6 is 0 Å². The molecule has 0 aliphatic rings. The molecule has 0 saturated heterocycles. The minimum atomic E-state index is -4.34. The number of carboxylic acids is 1. The zero-order chi connectivity index (χ0) is 15.2. The molecule has 0 fully saturated rings. The molecule has 1 amide bonds. The van der Waals surface area contributed by atoms with Gasteiger partial charge in [0, 0.05) is 18.3 Å². The van der Waals surface area contributed by atoms with Gasteiger partial charge in [0.25, 0.3) is 0 Å². The molecule has 0 radical (unpaired) electrons. The van der Waals surface area contributed by atoms with Crippen molar-refractivity contribution in [3.05, 3.63) is 18.2 Å². The molecule has 0 spiro atoms. The summed E-state index contributed by atoms with van der Waals surface area (Å²) in [4.78, 5) is 28.4. The second-order valence-corrected chi connectivity index (χ2v) is 5.06. The standard InChI is InChI=1S/C9H14N4O6S/c1-2-19-9(16)13-20(17,18)12-7(8(14)15)3-6-4-10-5-11-6/h4-5,7,12H,2-3H2,1H3,(H,10,11)(H,13,16)(H,14,15). The van der Waals surface area contributed by atoms with Crippen LogP contribution in [0.5, 0.6) is 0 Å². The first-order chi connectivity index (χ1) is 9.34. The van der Waals surface area contributed by atoms with Gasteiger partial charge >= 0.3 is 22.3 Å². The van der Waals surface area contributed by atoms with Crippen LogP contribution in [0, 0.1) is 0 Å². The number of hydrogen-bond donors (Lipinski definition) is 4. The molecular formula is C9H14N4O6S. The number of H-pyrrole nitrogens is 1. The van der Waals surface area contributed by atoms with Crippen molar-refractivity contribution in [1.82, 2.24) is 19.4 Å². The number of nitrogens with zero attached hydrogens (tertiary/aromatic N) is 1. The smallest absolute Gasteiger partial charge is 0.421 e. The van der Waals surface area contributed by atoms with Crippen molar-refractivity contribution in [2.24, 2.45) is 0 Å². The van der Waals surface area contributed by atoms with Crippen LogP contribution in [-0.2, 0) is 26.2 Å². The lowest BCUT2D eigenvalue weighted by atomic mass is 10.2. The Balaban J connectivity index is 2.69. The number of aromatic amines is 1. The summed E-state index contributed by atoms with van der Waals surface area (Å²) in [7, 11) is -4.34. The molecule has 4 N–H and O–H groups in total. The molecule has 112 valence electrons. The van der Waals surface area contributed by atoms with E-state index in [0.29, 0.717) is 5.69 Å². The number of amides is 1. The van der Waals surface area contributed by atoms with Crippen LogP contribution in [0.25, 0.3) is 0 Å². The van der Waals surface area contributed by atoms with Gasteiger partial charge in [0.2, 0.25) is 0 Å². The van der Waals surface area contributed by atoms with E-state index in [1.165, 1.54) is 24.2 Å². The third-order valence-electron chi connectivity index (χ3n) is 2.07. The molecule has 1 rings (SSSR count). The van der Waals surface area contributed by atoms with E-state index < -0.39 is 28.3 Å². The van der Waals surface area contributed by atoms with Gasteiger partial charge < -0.3 is 14.8 Å². The van der Waals surface area contributed by atoms with Crippen molar-refractivity contribution in [2.75, 3.05) is 6.61 Å². The summed E-state index contributed by atoms with van der Waals surface area (Å²) in [5, 5.41) is 8.97. The maximum Gasteiger partial charge on any atom is 0.421 e. The van der Waals surface area contributed by atoms with Gasteiger partial charge in [-0.25, -0.2) is 14.5 Å². The predicted molar refractivity (Wildman–Crippen MR) is 65.9 cm³/mol.